The van der Waals surface area contributed by atoms with Gasteiger partial charge in [-0.25, -0.2) is 4.98 Å². The summed E-state index contributed by atoms with van der Waals surface area (Å²) in [4.78, 5) is 8.53. The summed E-state index contributed by atoms with van der Waals surface area (Å²) in [5.41, 5.74) is 7.44. The average molecular weight is 280 g/mol. The summed E-state index contributed by atoms with van der Waals surface area (Å²) in [5, 5.41) is 4.20. The molecule has 0 bridgehead atoms. The van der Waals surface area contributed by atoms with Crippen molar-refractivity contribution in [2.75, 3.05) is 17.7 Å². The fraction of sp³-hybridized carbons (Fsp3) is 0.125. The maximum absolute atomic E-state index is 5.78. The van der Waals surface area contributed by atoms with E-state index in [2.05, 4.69) is 15.3 Å². The third-order valence-electron chi connectivity index (χ3n) is 3.06. The number of anilines is 3. The Kier molecular flexibility index (Phi) is 3.55. The Labute approximate surface area is 122 Å². The Morgan fingerprint density at radius 3 is 2.67 bits per heavy atom. The summed E-state index contributed by atoms with van der Waals surface area (Å²) in [6, 6.07) is 15.5. The topological polar surface area (TPSA) is 73.1 Å². The quantitative estimate of drug-likeness (QED) is 0.766. The minimum atomic E-state index is 0.241. The molecule has 3 rings (SSSR count). The van der Waals surface area contributed by atoms with Crippen molar-refractivity contribution in [1.82, 2.24) is 9.97 Å². The van der Waals surface area contributed by atoms with E-state index >= 15 is 0 Å². The van der Waals surface area contributed by atoms with Gasteiger partial charge in [0.15, 0.2) is 0 Å². The molecule has 2 aromatic carbocycles. The number of nitrogens with zero attached hydrogens (tertiary/aromatic N) is 2. The molecule has 0 amide bonds. The number of ether oxygens (including phenoxy) is 1. The van der Waals surface area contributed by atoms with Gasteiger partial charge in [0.2, 0.25) is 5.95 Å². The molecule has 0 radical (unpaired) electrons. The molecule has 21 heavy (non-hydrogen) atoms. The zero-order valence-electron chi connectivity index (χ0n) is 11.7. The van der Waals surface area contributed by atoms with Crippen LogP contribution < -0.4 is 15.8 Å². The SMILES string of the molecule is CCOc1ccccc1Nc1nc(N)nc2ccccc12. The number of hydrogen-bond acceptors (Lipinski definition) is 5. The number of hydrogen-bond donors (Lipinski definition) is 2. The van der Waals surface area contributed by atoms with Crippen LogP contribution in [0.5, 0.6) is 5.75 Å². The maximum Gasteiger partial charge on any atom is 0.222 e. The van der Waals surface area contributed by atoms with E-state index in [1.807, 2.05) is 55.5 Å². The second-order valence-electron chi connectivity index (χ2n) is 4.50. The van der Waals surface area contributed by atoms with Gasteiger partial charge in [0, 0.05) is 5.39 Å². The lowest BCUT2D eigenvalue weighted by molar-refractivity contribution is 0.342. The van der Waals surface area contributed by atoms with Crippen LogP contribution >= 0.6 is 0 Å². The molecule has 1 aromatic heterocycles. The molecule has 3 aromatic rings. The summed E-state index contributed by atoms with van der Waals surface area (Å²) >= 11 is 0. The van der Waals surface area contributed by atoms with E-state index in [9.17, 15) is 0 Å². The summed E-state index contributed by atoms with van der Waals surface area (Å²) in [5.74, 6) is 1.69. The van der Waals surface area contributed by atoms with Gasteiger partial charge in [-0.1, -0.05) is 24.3 Å². The van der Waals surface area contributed by atoms with Crippen molar-refractivity contribution in [1.29, 1.82) is 0 Å². The molecule has 0 unspecified atom stereocenters. The maximum atomic E-state index is 5.78. The third-order valence-corrected chi connectivity index (χ3v) is 3.06. The average Bonchev–Trinajstić information content (AvgIpc) is 2.49. The molecule has 0 atom stereocenters. The van der Waals surface area contributed by atoms with Crippen LogP contribution in [0.3, 0.4) is 0 Å². The highest BCUT2D eigenvalue weighted by Gasteiger charge is 2.08. The molecule has 3 N–H and O–H groups in total. The van der Waals surface area contributed by atoms with Gasteiger partial charge < -0.3 is 15.8 Å². The van der Waals surface area contributed by atoms with Crippen LogP contribution in [-0.4, -0.2) is 16.6 Å². The Balaban J connectivity index is 2.06. The number of rotatable bonds is 4. The van der Waals surface area contributed by atoms with Crippen LogP contribution in [0.4, 0.5) is 17.5 Å². The van der Waals surface area contributed by atoms with Crippen LogP contribution in [0.25, 0.3) is 10.9 Å². The number of nitrogen functional groups attached to an aromatic ring is 1. The van der Waals surface area contributed by atoms with Gasteiger partial charge >= 0.3 is 0 Å². The second-order valence-corrected chi connectivity index (χ2v) is 4.50. The van der Waals surface area contributed by atoms with Crippen molar-refractivity contribution in [3.05, 3.63) is 48.5 Å². The van der Waals surface area contributed by atoms with Crippen molar-refractivity contribution in [2.45, 2.75) is 6.92 Å². The monoisotopic (exact) mass is 280 g/mol. The Morgan fingerprint density at radius 2 is 1.81 bits per heavy atom. The number of aromatic nitrogens is 2. The molecule has 0 aliphatic carbocycles. The van der Waals surface area contributed by atoms with E-state index < -0.39 is 0 Å². The first kappa shape index (κ1) is 13.2. The van der Waals surface area contributed by atoms with Gasteiger partial charge in [0.1, 0.15) is 11.6 Å². The number of nitrogens with one attached hydrogen (secondary N) is 1. The molecule has 0 fully saturated rings. The number of nitrogens with two attached hydrogens (primary N) is 1. The Bertz CT molecular complexity index is 773. The largest absolute Gasteiger partial charge is 0.492 e. The van der Waals surface area contributed by atoms with Gasteiger partial charge in [-0.15, -0.1) is 0 Å². The zero-order chi connectivity index (χ0) is 14.7. The molecule has 0 saturated heterocycles. The minimum absolute atomic E-state index is 0.241. The highest BCUT2D eigenvalue weighted by molar-refractivity contribution is 5.92. The van der Waals surface area contributed by atoms with Crippen molar-refractivity contribution >= 4 is 28.4 Å². The number of para-hydroxylation sites is 3. The smallest absolute Gasteiger partial charge is 0.222 e. The molecule has 0 spiro atoms. The molecule has 106 valence electrons. The van der Waals surface area contributed by atoms with Crippen LogP contribution in [0.15, 0.2) is 48.5 Å². The first-order valence-electron chi connectivity index (χ1n) is 6.79. The van der Waals surface area contributed by atoms with Gasteiger partial charge in [0.25, 0.3) is 0 Å². The van der Waals surface area contributed by atoms with Gasteiger partial charge in [-0.05, 0) is 31.2 Å². The predicted octanol–water partition coefficient (Wildman–Crippen LogP) is 3.35. The molecule has 5 nitrogen and oxygen atoms in total. The van der Waals surface area contributed by atoms with E-state index in [4.69, 9.17) is 10.5 Å². The van der Waals surface area contributed by atoms with E-state index in [1.165, 1.54) is 0 Å². The molecule has 0 aliphatic rings. The standard InChI is InChI=1S/C16H16N4O/c1-2-21-14-10-6-5-9-13(14)18-15-11-7-3-4-8-12(11)19-16(17)20-15/h3-10H,2H2,1H3,(H3,17,18,19,20). The molecule has 1 heterocycles. The molecule has 0 saturated carbocycles. The predicted molar refractivity (Wildman–Crippen MR) is 84.8 cm³/mol. The van der Waals surface area contributed by atoms with Crippen molar-refractivity contribution in [3.63, 3.8) is 0 Å². The van der Waals surface area contributed by atoms with Crippen LogP contribution in [0, 0.1) is 0 Å². The lowest BCUT2D eigenvalue weighted by Crippen LogP contribution is -2.03. The first-order chi connectivity index (χ1) is 10.3. The molecular formula is C16H16N4O. The van der Waals surface area contributed by atoms with Crippen LogP contribution in [0.2, 0.25) is 0 Å². The van der Waals surface area contributed by atoms with Crippen molar-refractivity contribution in [2.24, 2.45) is 0 Å². The lowest BCUT2D eigenvalue weighted by Gasteiger charge is -2.13. The number of benzene rings is 2. The van der Waals surface area contributed by atoms with Gasteiger partial charge in [-0.2, -0.15) is 4.98 Å². The fourth-order valence-corrected chi connectivity index (χ4v) is 2.17. The Hall–Kier alpha value is -2.82. The lowest BCUT2D eigenvalue weighted by atomic mass is 10.2. The van der Waals surface area contributed by atoms with Gasteiger partial charge in [-0.3, -0.25) is 0 Å². The second kappa shape index (κ2) is 5.66. The van der Waals surface area contributed by atoms with E-state index in [1.54, 1.807) is 0 Å². The molecule has 5 heteroatoms. The summed E-state index contributed by atoms with van der Waals surface area (Å²) in [6.45, 7) is 2.56. The van der Waals surface area contributed by atoms with E-state index in [0.29, 0.717) is 12.4 Å². The number of fused-ring (bicyclic) bond motifs is 1. The van der Waals surface area contributed by atoms with Crippen LogP contribution in [-0.2, 0) is 0 Å². The summed E-state index contributed by atoms with van der Waals surface area (Å²) < 4.78 is 5.61. The fourth-order valence-electron chi connectivity index (χ4n) is 2.17. The Morgan fingerprint density at radius 1 is 1.05 bits per heavy atom. The third kappa shape index (κ3) is 2.72. The van der Waals surface area contributed by atoms with Gasteiger partial charge in [0.05, 0.1) is 17.8 Å². The normalized spacial score (nSPS) is 10.5. The highest BCUT2D eigenvalue weighted by atomic mass is 16.5. The summed E-state index contributed by atoms with van der Waals surface area (Å²) in [7, 11) is 0. The minimum Gasteiger partial charge on any atom is -0.492 e. The van der Waals surface area contributed by atoms with Crippen LogP contribution in [0.1, 0.15) is 6.92 Å². The summed E-state index contributed by atoms with van der Waals surface area (Å²) in [6.07, 6.45) is 0. The molecule has 0 aliphatic heterocycles. The van der Waals surface area contributed by atoms with Crippen molar-refractivity contribution in [3.8, 4) is 5.75 Å². The zero-order valence-corrected chi connectivity index (χ0v) is 11.7. The van der Waals surface area contributed by atoms with E-state index in [0.717, 1.165) is 22.3 Å². The highest BCUT2D eigenvalue weighted by Crippen LogP contribution is 2.30. The first-order valence-corrected chi connectivity index (χ1v) is 6.79. The van der Waals surface area contributed by atoms with Crippen molar-refractivity contribution < 1.29 is 4.74 Å². The molecular weight excluding hydrogens is 264 g/mol. The van der Waals surface area contributed by atoms with E-state index in [-0.39, 0.29) is 5.95 Å².